The van der Waals surface area contributed by atoms with Crippen molar-refractivity contribution in [3.63, 3.8) is 0 Å². The second-order valence-corrected chi connectivity index (χ2v) is 4.52. The van der Waals surface area contributed by atoms with Gasteiger partial charge in [-0.15, -0.1) is 0 Å². The Morgan fingerprint density at radius 3 is 2.26 bits per heavy atom. The number of rotatable bonds is 2. The van der Waals surface area contributed by atoms with Crippen molar-refractivity contribution in [3.8, 4) is 11.1 Å². The van der Waals surface area contributed by atoms with Crippen molar-refractivity contribution in [1.82, 2.24) is 4.98 Å². The van der Waals surface area contributed by atoms with Crippen molar-refractivity contribution in [1.29, 1.82) is 0 Å². The summed E-state index contributed by atoms with van der Waals surface area (Å²) in [4.78, 5) is 4.32. The molecule has 0 amide bonds. The van der Waals surface area contributed by atoms with Crippen molar-refractivity contribution >= 4 is 6.08 Å². The number of benzene rings is 1. The molecule has 0 spiro atoms. The summed E-state index contributed by atoms with van der Waals surface area (Å²) in [7, 11) is 0. The molecule has 1 nitrogen and oxygen atoms in total. The monoisotopic (exact) mass is 259 g/mol. The highest BCUT2D eigenvalue weighted by molar-refractivity contribution is 5.66. The van der Waals surface area contributed by atoms with Crippen LogP contribution in [0.3, 0.4) is 0 Å². The maximum atomic E-state index is 13.4. The van der Waals surface area contributed by atoms with Crippen LogP contribution in [-0.4, -0.2) is 4.98 Å². The molecule has 0 aliphatic heterocycles. The first-order chi connectivity index (χ1) is 9.02. The van der Waals surface area contributed by atoms with Gasteiger partial charge in [-0.1, -0.05) is 6.08 Å². The summed E-state index contributed by atoms with van der Waals surface area (Å²) in [6.07, 6.45) is 5.50. The van der Waals surface area contributed by atoms with Gasteiger partial charge in [-0.25, -0.2) is 8.78 Å². The van der Waals surface area contributed by atoms with Gasteiger partial charge in [-0.3, -0.25) is 4.98 Å². The summed E-state index contributed by atoms with van der Waals surface area (Å²) in [6, 6.07) is 4.76. The van der Waals surface area contributed by atoms with E-state index in [-0.39, 0.29) is 0 Å². The van der Waals surface area contributed by atoms with Crippen LogP contribution < -0.4 is 0 Å². The lowest BCUT2D eigenvalue weighted by Gasteiger charge is -2.07. The van der Waals surface area contributed by atoms with Crippen molar-refractivity contribution < 1.29 is 8.78 Å². The maximum Gasteiger partial charge on any atom is 0.161 e. The molecule has 0 bridgehead atoms. The normalized spacial score (nSPS) is 11.2. The fourth-order valence-electron chi connectivity index (χ4n) is 1.97. The number of pyridine rings is 1. The first-order valence-electron chi connectivity index (χ1n) is 6.08. The van der Waals surface area contributed by atoms with E-state index in [9.17, 15) is 8.78 Å². The molecule has 2 aromatic rings. The van der Waals surface area contributed by atoms with E-state index < -0.39 is 11.6 Å². The smallest absolute Gasteiger partial charge is 0.161 e. The molecule has 1 aromatic carbocycles. The van der Waals surface area contributed by atoms with Crippen LogP contribution in [0.2, 0.25) is 0 Å². The van der Waals surface area contributed by atoms with E-state index >= 15 is 0 Å². The van der Waals surface area contributed by atoms with Gasteiger partial charge >= 0.3 is 0 Å². The number of allylic oxidation sites excluding steroid dienone is 1. The molecule has 0 aliphatic carbocycles. The van der Waals surface area contributed by atoms with Gasteiger partial charge in [0.05, 0.1) is 5.69 Å². The van der Waals surface area contributed by atoms with Crippen molar-refractivity contribution in [2.75, 3.05) is 0 Å². The SMILES string of the molecule is C/C=C\c1ncc(-c2cc(C)c(F)c(F)c2)cc1C. The zero-order valence-corrected chi connectivity index (χ0v) is 11.2. The lowest BCUT2D eigenvalue weighted by molar-refractivity contribution is 0.503. The molecule has 0 N–H and O–H groups in total. The van der Waals surface area contributed by atoms with E-state index in [0.717, 1.165) is 16.8 Å². The van der Waals surface area contributed by atoms with Crippen LogP contribution in [0, 0.1) is 25.5 Å². The molecule has 3 heteroatoms. The topological polar surface area (TPSA) is 12.9 Å². The van der Waals surface area contributed by atoms with Gasteiger partial charge in [0.1, 0.15) is 0 Å². The molecule has 19 heavy (non-hydrogen) atoms. The predicted octanol–water partition coefficient (Wildman–Crippen LogP) is 4.68. The van der Waals surface area contributed by atoms with Crippen LogP contribution in [0.4, 0.5) is 8.78 Å². The molecule has 0 fully saturated rings. The third-order valence-corrected chi connectivity index (χ3v) is 2.99. The first kappa shape index (κ1) is 13.4. The van der Waals surface area contributed by atoms with Crippen LogP contribution in [0.1, 0.15) is 23.7 Å². The Kier molecular flexibility index (Phi) is 3.74. The number of aromatic nitrogens is 1. The first-order valence-corrected chi connectivity index (χ1v) is 6.08. The van der Waals surface area contributed by atoms with E-state index in [1.54, 1.807) is 19.2 Å². The molecule has 0 saturated heterocycles. The van der Waals surface area contributed by atoms with E-state index in [2.05, 4.69) is 4.98 Å². The van der Waals surface area contributed by atoms with Crippen LogP contribution in [-0.2, 0) is 0 Å². The summed E-state index contributed by atoms with van der Waals surface area (Å²) in [5, 5.41) is 0. The molecule has 1 aromatic heterocycles. The van der Waals surface area contributed by atoms with Gasteiger partial charge in [0.25, 0.3) is 0 Å². The fraction of sp³-hybridized carbons (Fsp3) is 0.188. The quantitative estimate of drug-likeness (QED) is 0.763. The molecule has 98 valence electrons. The molecular formula is C16H15F2N. The van der Waals surface area contributed by atoms with E-state index in [0.29, 0.717) is 11.1 Å². The lowest BCUT2D eigenvalue weighted by atomic mass is 10.0. The highest BCUT2D eigenvalue weighted by Gasteiger charge is 2.09. The minimum absolute atomic E-state index is 0.296. The number of aryl methyl sites for hydroxylation is 2. The third kappa shape index (κ3) is 2.70. The Morgan fingerprint density at radius 1 is 1.00 bits per heavy atom. The summed E-state index contributed by atoms with van der Waals surface area (Å²) in [5.41, 5.74) is 3.60. The molecule has 0 saturated carbocycles. The molecule has 0 unspecified atom stereocenters. The number of hydrogen-bond donors (Lipinski definition) is 0. The maximum absolute atomic E-state index is 13.4. The molecular weight excluding hydrogens is 244 g/mol. The average molecular weight is 259 g/mol. The molecule has 0 atom stereocenters. The standard InChI is InChI=1S/C16H15F2N/c1-4-5-15-10(2)6-13(9-19-15)12-7-11(3)16(18)14(17)8-12/h4-9H,1-3H3/b5-4-. The Balaban J connectivity index is 2.51. The van der Waals surface area contributed by atoms with Gasteiger partial charge in [0.15, 0.2) is 11.6 Å². The summed E-state index contributed by atoms with van der Waals surface area (Å²) >= 11 is 0. The Labute approximate surface area is 111 Å². The van der Waals surface area contributed by atoms with Crippen LogP contribution in [0.5, 0.6) is 0 Å². The minimum atomic E-state index is -0.829. The Bertz CT molecular complexity index is 622. The van der Waals surface area contributed by atoms with Gasteiger partial charge in [0, 0.05) is 11.8 Å². The highest BCUT2D eigenvalue weighted by Crippen LogP contribution is 2.25. The van der Waals surface area contributed by atoms with E-state index in [4.69, 9.17) is 0 Å². The number of hydrogen-bond acceptors (Lipinski definition) is 1. The van der Waals surface area contributed by atoms with Crippen LogP contribution >= 0.6 is 0 Å². The highest BCUT2D eigenvalue weighted by atomic mass is 19.2. The Morgan fingerprint density at radius 2 is 1.68 bits per heavy atom. The minimum Gasteiger partial charge on any atom is -0.256 e. The van der Waals surface area contributed by atoms with Crippen molar-refractivity contribution in [2.24, 2.45) is 0 Å². The number of nitrogens with zero attached hydrogens (tertiary/aromatic N) is 1. The predicted molar refractivity (Wildman–Crippen MR) is 73.8 cm³/mol. The van der Waals surface area contributed by atoms with Crippen LogP contribution in [0.25, 0.3) is 17.2 Å². The van der Waals surface area contributed by atoms with E-state index in [1.165, 1.54) is 6.07 Å². The molecule has 0 radical (unpaired) electrons. The van der Waals surface area contributed by atoms with Gasteiger partial charge in [-0.05, 0) is 61.7 Å². The average Bonchev–Trinajstić information content (AvgIpc) is 2.38. The second kappa shape index (κ2) is 5.31. The van der Waals surface area contributed by atoms with Gasteiger partial charge < -0.3 is 0 Å². The molecule has 2 rings (SSSR count). The second-order valence-electron chi connectivity index (χ2n) is 4.52. The van der Waals surface area contributed by atoms with Crippen LogP contribution in [0.15, 0.2) is 30.5 Å². The van der Waals surface area contributed by atoms with Crippen molar-refractivity contribution in [3.05, 3.63) is 58.9 Å². The molecule has 1 heterocycles. The summed E-state index contributed by atoms with van der Waals surface area (Å²) in [6.45, 7) is 5.42. The fourth-order valence-corrected chi connectivity index (χ4v) is 1.97. The number of halogens is 2. The Hall–Kier alpha value is -2.03. The van der Waals surface area contributed by atoms with E-state index in [1.807, 2.05) is 32.1 Å². The largest absolute Gasteiger partial charge is 0.256 e. The summed E-state index contributed by atoms with van der Waals surface area (Å²) < 4.78 is 26.7. The van der Waals surface area contributed by atoms with Gasteiger partial charge in [-0.2, -0.15) is 0 Å². The zero-order chi connectivity index (χ0) is 14.0. The summed E-state index contributed by atoms with van der Waals surface area (Å²) in [5.74, 6) is -1.62. The van der Waals surface area contributed by atoms with Crippen molar-refractivity contribution in [2.45, 2.75) is 20.8 Å². The van der Waals surface area contributed by atoms with Gasteiger partial charge in [0.2, 0.25) is 0 Å². The molecule has 0 aliphatic rings. The lowest BCUT2D eigenvalue weighted by Crippen LogP contribution is -1.93. The third-order valence-electron chi connectivity index (χ3n) is 2.99. The zero-order valence-electron chi connectivity index (χ0n) is 11.2.